The average Bonchev–Trinajstić information content (AvgIpc) is 2.43. The molecule has 0 aromatic carbocycles. The number of nitrogens with zero attached hydrogens (tertiary/aromatic N) is 1. The summed E-state index contributed by atoms with van der Waals surface area (Å²) >= 11 is 0. The highest BCUT2D eigenvalue weighted by Crippen LogP contribution is 2.06. The van der Waals surface area contributed by atoms with E-state index in [4.69, 9.17) is 5.73 Å². The first-order chi connectivity index (χ1) is 4.88. The summed E-state index contributed by atoms with van der Waals surface area (Å²) in [6.45, 7) is 5.17. The molecule has 0 bridgehead atoms. The second kappa shape index (κ2) is 3.74. The van der Waals surface area contributed by atoms with Crippen LogP contribution in [-0.4, -0.2) is 30.6 Å². The molecule has 2 N–H and O–H groups in total. The van der Waals surface area contributed by atoms with Gasteiger partial charge in [-0.15, -0.1) is 0 Å². The molecule has 0 saturated carbocycles. The third-order valence-corrected chi connectivity index (χ3v) is 2.11. The lowest BCUT2D eigenvalue weighted by Gasteiger charge is -2.24. The maximum Gasteiger partial charge on any atom is 0.0222 e. The SMILES string of the molecule is CCC(CN)N1CC=CC1. The normalized spacial score (nSPS) is 21.8. The van der Waals surface area contributed by atoms with E-state index in [1.165, 1.54) is 0 Å². The molecule has 0 amide bonds. The summed E-state index contributed by atoms with van der Waals surface area (Å²) in [5.74, 6) is 0. The van der Waals surface area contributed by atoms with Crippen molar-refractivity contribution in [2.24, 2.45) is 5.73 Å². The summed E-state index contributed by atoms with van der Waals surface area (Å²) in [6, 6.07) is 0.593. The average molecular weight is 140 g/mol. The number of hydrogen-bond donors (Lipinski definition) is 1. The molecule has 1 rings (SSSR count). The first kappa shape index (κ1) is 7.76. The van der Waals surface area contributed by atoms with Crippen LogP contribution in [0.4, 0.5) is 0 Å². The maximum atomic E-state index is 5.59. The lowest BCUT2D eigenvalue weighted by Crippen LogP contribution is -2.38. The Morgan fingerprint density at radius 1 is 1.50 bits per heavy atom. The van der Waals surface area contributed by atoms with Crippen molar-refractivity contribution in [2.75, 3.05) is 19.6 Å². The number of hydrogen-bond acceptors (Lipinski definition) is 2. The fourth-order valence-electron chi connectivity index (χ4n) is 1.37. The van der Waals surface area contributed by atoms with Crippen molar-refractivity contribution in [2.45, 2.75) is 19.4 Å². The molecule has 58 valence electrons. The maximum absolute atomic E-state index is 5.59. The molecular weight excluding hydrogens is 124 g/mol. The van der Waals surface area contributed by atoms with Gasteiger partial charge >= 0.3 is 0 Å². The van der Waals surface area contributed by atoms with Crippen LogP contribution in [0.25, 0.3) is 0 Å². The Bertz CT molecular complexity index is 108. The fraction of sp³-hybridized carbons (Fsp3) is 0.750. The first-order valence-electron chi connectivity index (χ1n) is 3.97. The standard InChI is InChI=1S/C8H16N2/c1-2-8(7-9)10-5-3-4-6-10/h3-4,8H,2,5-7,9H2,1H3. The molecule has 1 aliphatic heterocycles. The van der Waals surface area contributed by atoms with Gasteiger partial charge in [-0.1, -0.05) is 19.1 Å². The monoisotopic (exact) mass is 140 g/mol. The van der Waals surface area contributed by atoms with Crippen LogP contribution in [-0.2, 0) is 0 Å². The summed E-state index contributed by atoms with van der Waals surface area (Å²) < 4.78 is 0. The van der Waals surface area contributed by atoms with E-state index in [0.29, 0.717) is 6.04 Å². The summed E-state index contributed by atoms with van der Waals surface area (Å²) in [5.41, 5.74) is 5.59. The first-order valence-corrected chi connectivity index (χ1v) is 3.97. The fourth-order valence-corrected chi connectivity index (χ4v) is 1.37. The Hall–Kier alpha value is -0.340. The minimum absolute atomic E-state index is 0.593. The molecule has 10 heavy (non-hydrogen) atoms. The molecule has 1 atom stereocenters. The zero-order valence-electron chi connectivity index (χ0n) is 6.59. The zero-order chi connectivity index (χ0) is 7.40. The minimum Gasteiger partial charge on any atom is -0.329 e. The van der Waals surface area contributed by atoms with Crippen molar-refractivity contribution >= 4 is 0 Å². The smallest absolute Gasteiger partial charge is 0.0222 e. The van der Waals surface area contributed by atoms with Crippen molar-refractivity contribution in [3.8, 4) is 0 Å². The second-order valence-electron chi connectivity index (χ2n) is 2.72. The van der Waals surface area contributed by atoms with Crippen LogP contribution in [0.15, 0.2) is 12.2 Å². The molecular formula is C8H16N2. The van der Waals surface area contributed by atoms with Crippen LogP contribution < -0.4 is 5.73 Å². The Balaban J connectivity index is 2.31. The zero-order valence-corrected chi connectivity index (χ0v) is 6.59. The highest BCUT2D eigenvalue weighted by atomic mass is 15.2. The van der Waals surface area contributed by atoms with Crippen LogP contribution in [0.2, 0.25) is 0 Å². The molecule has 0 aromatic rings. The summed E-state index contributed by atoms with van der Waals surface area (Å²) in [4.78, 5) is 2.40. The van der Waals surface area contributed by atoms with Crippen LogP contribution in [0.1, 0.15) is 13.3 Å². The molecule has 0 aromatic heterocycles. The third kappa shape index (κ3) is 1.58. The number of nitrogens with two attached hydrogens (primary N) is 1. The van der Waals surface area contributed by atoms with Crippen molar-refractivity contribution in [3.63, 3.8) is 0 Å². The second-order valence-corrected chi connectivity index (χ2v) is 2.72. The molecule has 2 heteroatoms. The van der Waals surface area contributed by atoms with Crippen LogP contribution >= 0.6 is 0 Å². The predicted octanol–water partition coefficient (Wildman–Crippen LogP) is 0.596. The van der Waals surface area contributed by atoms with Gasteiger partial charge in [-0.25, -0.2) is 0 Å². The molecule has 0 saturated heterocycles. The van der Waals surface area contributed by atoms with Crippen molar-refractivity contribution < 1.29 is 0 Å². The van der Waals surface area contributed by atoms with E-state index in [1.54, 1.807) is 0 Å². The van der Waals surface area contributed by atoms with Gasteiger partial charge < -0.3 is 5.73 Å². The predicted molar refractivity (Wildman–Crippen MR) is 43.8 cm³/mol. The lowest BCUT2D eigenvalue weighted by atomic mass is 10.2. The molecule has 0 aliphatic carbocycles. The van der Waals surface area contributed by atoms with E-state index in [9.17, 15) is 0 Å². The molecule has 0 spiro atoms. The Kier molecular flexibility index (Phi) is 2.90. The summed E-state index contributed by atoms with van der Waals surface area (Å²) in [7, 11) is 0. The van der Waals surface area contributed by atoms with E-state index in [1.807, 2.05) is 0 Å². The summed E-state index contributed by atoms with van der Waals surface area (Å²) in [5, 5.41) is 0. The van der Waals surface area contributed by atoms with Crippen LogP contribution in [0, 0.1) is 0 Å². The largest absolute Gasteiger partial charge is 0.329 e. The van der Waals surface area contributed by atoms with E-state index in [0.717, 1.165) is 26.1 Å². The van der Waals surface area contributed by atoms with Crippen molar-refractivity contribution in [1.82, 2.24) is 4.90 Å². The van der Waals surface area contributed by atoms with Crippen molar-refractivity contribution in [3.05, 3.63) is 12.2 Å². The van der Waals surface area contributed by atoms with Gasteiger partial charge in [-0.3, -0.25) is 4.90 Å². The topological polar surface area (TPSA) is 29.3 Å². The Labute approximate surface area is 62.7 Å². The molecule has 0 fully saturated rings. The van der Waals surface area contributed by atoms with Gasteiger partial charge in [0, 0.05) is 25.7 Å². The van der Waals surface area contributed by atoms with Crippen molar-refractivity contribution in [1.29, 1.82) is 0 Å². The number of rotatable bonds is 3. The molecule has 0 radical (unpaired) electrons. The summed E-state index contributed by atoms with van der Waals surface area (Å²) in [6.07, 6.45) is 5.58. The van der Waals surface area contributed by atoms with E-state index in [-0.39, 0.29) is 0 Å². The third-order valence-electron chi connectivity index (χ3n) is 2.11. The quantitative estimate of drug-likeness (QED) is 0.581. The van der Waals surface area contributed by atoms with Gasteiger partial charge in [0.2, 0.25) is 0 Å². The van der Waals surface area contributed by atoms with E-state index < -0.39 is 0 Å². The van der Waals surface area contributed by atoms with Gasteiger partial charge in [0.25, 0.3) is 0 Å². The molecule has 1 unspecified atom stereocenters. The van der Waals surface area contributed by atoms with Crippen LogP contribution in [0.3, 0.4) is 0 Å². The van der Waals surface area contributed by atoms with Crippen LogP contribution in [0.5, 0.6) is 0 Å². The molecule has 1 heterocycles. The molecule has 2 nitrogen and oxygen atoms in total. The van der Waals surface area contributed by atoms with Gasteiger partial charge in [-0.2, -0.15) is 0 Å². The van der Waals surface area contributed by atoms with E-state index in [2.05, 4.69) is 24.0 Å². The van der Waals surface area contributed by atoms with Gasteiger partial charge in [0.1, 0.15) is 0 Å². The van der Waals surface area contributed by atoms with Gasteiger partial charge in [-0.05, 0) is 6.42 Å². The lowest BCUT2D eigenvalue weighted by molar-refractivity contribution is 0.252. The van der Waals surface area contributed by atoms with E-state index >= 15 is 0 Å². The highest BCUT2D eigenvalue weighted by molar-refractivity contribution is 4.97. The Morgan fingerprint density at radius 3 is 2.50 bits per heavy atom. The Morgan fingerprint density at radius 2 is 2.10 bits per heavy atom. The van der Waals surface area contributed by atoms with Gasteiger partial charge in [0.05, 0.1) is 0 Å². The minimum atomic E-state index is 0.593. The highest BCUT2D eigenvalue weighted by Gasteiger charge is 2.14. The molecule has 1 aliphatic rings. The van der Waals surface area contributed by atoms with Gasteiger partial charge in [0.15, 0.2) is 0 Å².